The molecule has 0 radical (unpaired) electrons. The van der Waals surface area contributed by atoms with Crippen molar-refractivity contribution in [3.05, 3.63) is 64.7 Å². The van der Waals surface area contributed by atoms with Crippen molar-refractivity contribution in [2.75, 3.05) is 7.05 Å². The van der Waals surface area contributed by atoms with E-state index in [-0.39, 0.29) is 12.5 Å². The zero-order valence-corrected chi connectivity index (χ0v) is 14.0. The van der Waals surface area contributed by atoms with E-state index < -0.39 is 6.10 Å². The van der Waals surface area contributed by atoms with Crippen LogP contribution in [0.1, 0.15) is 18.1 Å². The van der Waals surface area contributed by atoms with Crippen LogP contribution in [0.25, 0.3) is 0 Å². The van der Waals surface area contributed by atoms with Gasteiger partial charge in [0.1, 0.15) is 5.75 Å². The summed E-state index contributed by atoms with van der Waals surface area (Å²) >= 11 is 6.12. The van der Waals surface area contributed by atoms with Gasteiger partial charge in [-0.1, -0.05) is 41.9 Å². The Balaban J connectivity index is 1.99. The number of hydrogen-bond donors (Lipinski definition) is 1. The molecule has 0 spiro atoms. The Morgan fingerprint density at radius 2 is 2.00 bits per heavy atom. The van der Waals surface area contributed by atoms with Gasteiger partial charge in [-0.25, -0.2) is 0 Å². The molecule has 0 aromatic heterocycles. The normalized spacial score (nSPS) is 11.8. The predicted octanol–water partition coefficient (Wildman–Crippen LogP) is 3.26. The molecule has 0 aliphatic carbocycles. The van der Waals surface area contributed by atoms with Crippen LogP contribution in [-0.4, -0.2) is 29.1 Å². The van der Waals surface area contributed by atoms with Gasteiger partial charge >= 0.3 is 0 Å². The van der Waals surface area contributed by atoms with Gasteiger partial charge < -0.3 is 14.7 Å². The fraction of sp³-hybridized carbons (Fsp3) is 0.278. The molecule has 1 atom stereocenters. The van der Waals surface area contributed by atoms with Crippen molar-refractivity contribution in [3.63, 3.8) is 0 Å². The molecule has 122 valence electrons. The lowest BCUT2D eigenvalue weighted by molar-refractivity contribution is -0.137. The lowest BCUT2D eigenvalue weighted by atomic mass is 10.2. The Labute approximate surface area is 141 Å². The first-order valence-electron chi connectivity index (χ1n) is 7.36. The van der Waals surface area contributed by atoms with Gasteiger partial charge in [0.2, 0.25) is 0 Å². The summed E-state index contributed by atoms with van der Waals surface area (Å²) < 4.78 is 5.67. The molecule has 0 fully saturated rings. The molecule has 5 heteroatoms. The van der Waals surface area contributed by atoms with E-state index in [4.69, 9.17) is 21.4 Å². The maximum Gasteiger partial charge on any atom is 0.263 e. The standard InChI is InChI=1S/C18H20ClNO3/c1-13(23-16-8-5-6-14(10-16)12-21)18(22)20(2)11-15-7-3-4-9-17(15)19/h3-10,13,21H,11-12H2,1-2H3. The molecule has 0 saturated carbocycles. The van der Waals surface area contributed by atoms with Crippen molar-refractivity contribution in [2.24, 2.45) is 0 Å². The van der Waals surface area contributed by atoms with E-state index in [0.717, 1.165) is 11.1 Å². The molecule has 1 N–H and O–H groups in total. The summed E-state index contributed by atoms with van der Waals surface area (Å²) in [5, 5.41) is 9.78. The van der Waals surface area contributed by atoms with Crippen LogP contribution in [0.3, 0.4) is 0 Å². The van der Waals surface area contributed by atoms with Gasteiger partial charge in [0.05, 0.1) is 6.61 Å². The number of benzene rings is 2. The van der Waals surface area contributed by atoms with Gasteiger partial charge in [-0.05, 0) is 36.2 Å². The minimum Gasteiger partial charge on any atom is -0.481 e. The number of nitrogens with zero attached hydrogens (tertiary/aromatic N) is 1. The number of ether oxygens (including phenoxy) is 1. The molecule has 23 heavy (non-hydrogen) atoms. The van der Waals surface area contributed by atoms with E-state index >= 15 is 0 Å². The first-order valence-corrected chi connectivity index (χ1v) is 7.74. The average molecular weight is 334 g/mol. The zero-order valence-electron chi connectivity index (χ0n) is 13.2. The average Bonchev–Trinajstić information content (AvgIpc) is 2.56. The summed E-state index contributed by atoms with van der Waals surface area (Å²) in [7, 11) is 1.72. The third kappa shape index (κ3) is 4.71. The van der Waals surface area contributed by atoms with Crippen molar-refractivity contribution < 1.29 is 14.6 Å². The zero-order chi connectivity index (χ0) is 16.8. The second-order valence-corrected chi connectivity index (χ2v) is 5.76. The highest BCUT2D eigenvalue weighted by molar-refractivity contribution is 6.31. The van der Waals surface area contributed by atoms with Gasteiger partial charge in [-0.2, -0.15) is 0 Å². The fourth-order valence-corrected chi connectivity index (χ4v) is 2.44. The number of likely N-dealkylation sites (N-methyl/N-ethyl adjacent to an activating group) is 1. The summed E-state index contributed by atoms with van der Waals surface area (Å²) in [6, 6.07) is 14.5. The molecule has 4 nitrogen and oxygen atoms in total. The highest BCUT2D eigenvalue weighted by Gasteiger charge is 2.20. The lowest BCUT2D eigenvalue weighted by Crippen LogP contribution is -2.37. The molecule has 0 bridgehead atoms. The van der Waals surface area contributed by atoms with Crippen molar-refractivity contribution in [1.29, 1.82) is 0 Å². The number of halogens is 1. The number of hydrogen-bond acceptors (Lipinski definition) is 3. The molecule has 0 aliphatic heterocycles. The second-order valence-electron chi connectivity index (χ2n) is 5.35. The van der Waals surface area contributed by atoms with Crippen LogP contribution in [0.2, 0.25) is 5.02 Å². The molecule has 0 aliphatic rings. The largest absolute Gasteiger partial charge is 0.481 e. The number of rotatable bonds is 6. The molecule has 0 saturated heterocycles. The van der Waals surface area contributed by atoms with E-state index in [1.54, 1.807) is 49.2 Å². The smallest absolute Gasteiger partial charge is 0.263 e. The van der Waals surface area contributed by atoms with Crippen molar-refractivity contribution in [2.45, 2.75) is 26.2 Å². The molecule has 1 amide bonds. The molecule has 1 unspecified atom stereocenters. The molecular formula is C18H20ClNO3. The molecular weight excluding hydrogens is 314 g/mol. The number of aliphatic hydroxyl groups excluding tert-OH is 1. The highest BCUT2D eigenvalue weighted by atomic mass is 35.5. The molecule has 0 heterocycles. The Morgan fingerprint density at radius 3 is 2.70 bits per heavy atom. The number of amides is 1. The maximum absolute atomic E-state index is 12.4. The van der Waals surface area contributed by atoms with Gasteiger partial charge in [0, 0.05) is 18.6 Å². The van der Waals surface area contributed by atoms with Crippen LogP contribution < -0.4 is 4.74 Å². The lowest BCUT2D eigenvalue weighted by Gasteiger charge is -2.22. The molecule has 2 aromatic rings. The Bertz CT molecular complexity index is 675. The van der Waals surface area contributed by atoms with Crippen molar-refractivity contribution in [3.8, 4) is 5.75 Å². The number of carbonyl (C=O) groups excluding carboxylic acids is 1. The van der Waals surface area contributed by atoms with E-state index in [1.165, 1.54) is 0 Å². The van der Waals surface area contributed by atoms with Gasteiger partial charge in [0.25, 0.3) is 5.91 Å². The first kappa shape index (κ1) is 17.3. The Kier molecular flexibility index (Phi) is 6.02. The van der Waals surface area contributed by atoms with Crippen LogP contribution >= 0.6 is 11.6 Å². The predicted molar refractivity (Wildman–Crippen MR) is 90.4 cm³/mol. The van der Waals surface area contributed by atoms with E-state index in [2.05, 4.69) is 0 Å². The van der Waals surface area contributed by atoms with Gasteiger partial charge in [-0.3, -0.25) is 4.79 Å². The summed E-state index contributed by atoms with van der Waals surface area (Å²) in [4.78, 5) is 14.0. The number of carbonyl (C=O) groups is 1. The second kappa shape index (κ2) is 7.99. The molecule has 2 rings (SSSR count). The van der Waals surface area contributed by atoms with E-state index in [0.29, 0.717) is 17.3 Å². The molecule has 2 aromatic carbocycles. The van der Waals surface area contributed by atoms with Crippen LogP contribution in [0.4, 0.5) is 0 Å². The summed E-state index contributed by atoms with van der Waals surface area (Å²) in [5.74, 6) is 0.419. The van der Waals surface area contributed by atoms with Crippen molar-refractivity contribution >= 4 is 17.5 Å². The van der Waals surface area contributed by atoms with Gasteiger partial charge in [-0.15, -0.1) is 0 Å². The van der Waals surface area contributed by atoms with Crippen LogP contribution in [0.5, 0.6) is 5.75 Å². The minimum absolute atomic E-state index is 0.0636. The Morgan fingerprint density at radius 1 is 1.26 bits per heavy atom. The third-order valence-electron chi connectivity index (χ3n) is 3.48. The topological polar surface area (TPSA) is 49.8 Å². The summed E-state index contributed by atoms with van der Waals surface area (Å²) in [6.07, 6.45) is -0.628. The van der Waals surface area contributed by atoms with E-state index in [9.17, 15) is 4.79 Å². The maximum atomic E-state index is 12.4. The summed E-state index contributed by atoms with van der Waals surface area (Å²) in [5.41, 5.74) is 1.63. The van der Waals surface area contributed by atoms with Crippen LogP contribution in [0, 0.1) is 0 Å². The van der Waals surface area contributed by atoms with Crippen LogP contribution in [-0.2, 0) is 17.9 Å². The van der Waals surface area contributed by atoms with Crippen LogP contribution in [0.15, 0.2) is 48.5 Å². The Hall–Kier alpha value is -2.04. The van der Waals surface area contributed by atoms with Crippen molar-refractivity contribution in [1.82, 2.24) is 4.90 Å². The monoisotopic (exact) mass is 333 g/mol. The minimum atomic E-state index is -0.628. The number of aliphatic hydroxyl groups is 1. The first-order chi connectivity index (χ1) is 11.0. The third-order valence-corrected chi connectivity index (χ3v) is 3.85. The SMILES string of the molecule is CC(Oc1cccc(CO)c1)C(=O)N(C)Cc1ccccc1Cl. The van der Waals surface area contributed by atoms with Gasteiger partial charge in [0.15, 0.2) is 6.10 Å². The fourth-order valence-electron chi connectivity index (χ4n) is 2.24. The quantitative estimate of drug-likeness (QED) is 0.882. The van der Waals surface area contributed by atoms with E-state index in [1.807, 2.05) is 18.2 Å². The highest BCUT2D eigenvalue weighted by Crippen LogP contribution is 2.18. The summed E-state index contributed by atoms with van der Waals surface area (Å²) in [6.45, 7) is 2.06.